The first kappa shape index (κ1) is 48.2. The van der Waals surface area contributed by atoms with Crippen molar-refractivity contribution in [2.45, 2.75) is 111 Å². The molecule has 334 valence electrons. The fourth-order valence-corrected chi connectivity index (χ4v) is 9.02. The summed E-state index contributed by atoms with van der Waals surface area (Å²) in [5.74, 6) is -0.842. The van der Waals surface area contributed by atoms with E-state index in [9.17, 15) is 29.5 Å². The number of anilines is 1. The summed E-state index contributed by atoms with van der Waals surface area (Å²) in [5.41, 5.74) is 1.25. The Morgan fingerprint density at radius 2 is 1.63 bits per heavy atom. The minimum Gasteiger partial charge on any atom is -0.489 e. The lowest BCUT2D eigenvalue weighted by Gasteiger charge is -2.63. The van der Waals surface area contributed by atoms with Gasteiger partial charge < -0.3 is 40.7 Å². The Hall–Kier alpha value is -4.87. The molecule has 1 heterocycles. The van der Waals surface area contributed by atoms with E-state index in [0.717, 1.165) is 30.5 Å². The van der Waals surface area contributed by atoms with Crippen molar-refractivity contribution in [2.75, 3.05) is 31.6 Å². The molecule has 0 bridgehead atoms. The van der Waals surface area contributed by atoms with Gasteiger partial charge in [-0.25, -0.2) is 0 Å². The molecule has 1 aliphatic heterocycles. The van der Waals surface area contributed by atoms with Crippen LogP contribution in [0.25, 0.3) is 0 Å². The van der Waals surface area contributed by atoms with Gasteiger partial charge in [-0.15, -0.1) is 0 Å². The van der Waals surface area contributed by atoms with Crippen molar-refractivity contribution < 1.29 is 33.8 Å². The number of unbranched alkanes of at least 4 members (excludes halogenated alkanes) is 2. The Morgan fingerprint density at radius 1 is 0.952 bits per heavy atom. The number of halogens is 2. The van der Waals surface area contributed by atoms with E-state index < -0.39 is 35.4 Å². The number of aliphatic hydroxyl groups is 1. The Morgan fingerprint density at radius 3 is 2.26 bits per heavy atom. The predicted molar refractivity (Wildman–Crippen MR) is 240 cm³/mol. The smallest absolute Gasteiger partial charge is 0.251 e. The summed E-state index contributed by atoms with van der Waals surface area (Å²) in [6, 6.07) is 19.5. The average Bonchev–Trinajstić information content (AvgIpc) is 3.62. The number of amides is 4. The van der Waals surface area contributed by atoms with Gasteiger partial charge >= 0.3 is 0 Å². The molecule has 3 aromatic carbocycles. The Bertz CT molecular complexity index is 2080. The molecule has 5 N–H and O–H groups in total. The van der Waals surface area contributed by atoms with E-state index in [1.165, 1.54) is 4.90 Å². The van der Waals surface area contributed by atoms with Crippen LogP contribution in [0.1, 0.15) is 95.6 Å². The number of aliphatic hydroxyl groups excluding tert-OH is 1. The van der Waals surface area contributed by atoms with Crippen LogP contribution in [0.2, 0.25) is 10.0 Å². The summed E-state index contributed by atoms with van der Waals surface area (Å²) in [6.07, 6.45) is 1.48. The minimum absolute atomic E-state index is 0.00985. The molecule has 4 amide bonds. The topological polar surface area (TPSA) is 182 Å². The van der Waals surface area contributed by atoms with Gasteiger partial charge in [-0.1, -0.05) is 83.8 Å². The maximum atomic E-state index is 13.8. The molecule has 62 heavy (non-hydrogen) atoms. The van der Waals surface area contributed by atoms with Crippen molar-refractivity contribution in [3.8, 4) is 11.8 Å². The molecule has 1 unspecified atom stereocenters. The Balaban J connectivity index is 0.989. The number of nitriles is 1. The standard InChI is InChI=1S/C47H60Cl2N6O7/c1-45(2,3)39(42(60)55-27-34(56)23-37(55)41(59)52-26-29-11-16-32(48)17-12-29)53-38(57)28-61-22-10-8-9-21-51-33-18-13-30(14-19-33)40(58)54-43-46(4,5)44(47(43,6)7)62-35-20-15-31(25-50)36(49)24-35/h11-20,24,34,37,39,43-44,51,56H,8-10,21-23,26-28H2,1-7H3,(H,52,59)(H,53,57)(H,54,58)/t34-,37+,39?,43?,44?/m1/s1. The molecule has 1 saturated heterocycles. The average molecular weight is 892 g/mol. The number of β-amino-alcohol motifs (C(OH)–C–C–N with tert-alkyl or cyclic N) is 1. The molecule has 0 aromatic heterocycles. The molecule has 1 aliphatic carbocycles. The lowest BCUT2D eigenvalue weighted by molar-refractivity contribution is -0.164. The fourth-order valence-electron chi connectivity index (χ4n) is 8.69. The predicted octanol–water partition coefficient (Wildman–Crippen LogP) is 6.88. The molecule has 0 spiro atoms. The van der Waals surface area contributed by atoms with E-state index >= 15 is 0 Å². The monoisotopic (exact) mass is 890 g/mol. The zero-order valence-corrected chi connectivity index (χ0v) is 38.2. The van der Waals surface area contributed by atoms with Crippen molar-refractivity contribution in [3.63, 3.8) is 0 Å². The first-order valence-corrected chi connectivity index (χ1v) is 21.9. The SMILES string of the molecule is CC(C)(C)C(NC(=O)COCCCCCNc1ccc(C(=O)NC2C(C)(C)C(Oc3ccc(C#N)c(Cl)c3)C2(C)C)cc1)C(=O)N1C[C@H](O)C[C@H]1C(=O)NCc1ccc(Cl)cc1. The zero-order chi connectivity index (χ0) is 45.4. The third kappa shape index (κ3) is 12.0. The second-order valence-electron chi connectivity index (χ2n) is 18.5. The Kier molecular flexibility index (Phi) is 16.0. The van der Waals surface area contributed by atoms with Crippen LogP contribution in [0.5, 0.6) is 5.75 Å². The van der Waals surface area contributed by atoms with Gasteiger partial charge in [0.15, 0.2) is 0 Å². The molecule has 3 aromatic rings. The van der Waals surface area contributed by atoms with Crippen molar-refractivity contribution in [1.82, 2.24) is 20.9 Å². The van der Waals surface area contributed by atoms with Crippen LogP contribution in [0.4, 0.5) is 5.69 Å². The molecule has 0 radical (unpaired) electrons. The molecular formula is C47H60Cl2N6O7. The van der Waals surface area contributed by atoms with Crippen LogP contribution in [-0.4, -0.2) is 90.3 Å². The lowest BCUT2D eigenvalue weighted by Crippen LogP contribution is -2.74. The van der Waals surface area contributed by atoms with Crippen LogP contribution < -0.4 is 26.0 Å². The van der Waals surface area contributed by atoms with E-state index in [-0.39, 0.29) is 60.9 Å². The highest BCUT2D eigenvalue weighted by Crippen LogP contribution is 2.55. The summed E-state index contributed by atoms with van der Waals surface area (Å²) >= 11 is 12.2. The number of likely N-dealkylation sites (tertiary alicyclic amines) is 1. The number of rotatable bonds is 18. The second kappa shape index (κ2) is 20.5. The number of hydrogen-bond donors (Lipinski definition) is 5. The van der Waals surface area contributed by atoms with Crippen LogP contribution >= 0.6 is 23.2 Å². The number of ether oxygens (including phenoxy) is 2. The quantitative estimate of drug-likeness (QED) is 0.0851. The third-order valence-electron chi connectivity index (χ3n) is 11.8. The molecule has 3 atom stereocenters. The molecule has 2 aliphatic rings. The maximum Gasteiger partial charge on any atom is 0.251 e. The molecule has 13 nitrogen and oxygen atoms in total. The number of hydrogen-bond acceptors (Lipinski definition) is 9. The molecular weight excluding hydrogens is 831 g/mol. The van der Waals surface area contributed by atoms with E-state index in [0.29, 0.717) is 40.1 Å². The highest BCUT2D eigenvalue weighted by Gasteiger charge is 2.64. The summed E-state index contributed by atoms with van der Waals surface area (Å²) in [7, 11) is 0. The summed E-state index contributed by atoms with van der Waals surface area (Å²) in [6.45, 7) is 14.9. The van der Waals surface area contributed by atoms with Gasteiger partial charge in [-0.2, -0.15) is 5.26 Å². The molecule has 15 heteroatoms. The first-order valence-electron chi connectivity index (χ1n) is 21.1. The van der Waals surface area contributed by atoms with E-state index in [4.69, 9.17) is 32.7 Å². The fraction of sp³-hybridized carbons (Fsp3) is 0.511. The summed E-state index contributed by atoms with van der Waals surface area (Å²) in [4.78, 5) is 54.7. The highest BCUT2D eigenvalue weighted by molar-refractivity contribution is 6.31. The normalized spacial score (nSPS) is 20.6. The van der Waals surface area contributed by atoms with Gasteiger partial charge in [0.2, 0.25) is 17.7 Å². The van der Waals surface area contributed by atoms with Crippen molar-refractivity contribution in [3.05, 3.63) is 93.5 Å². The van der Waals surface area contributed by atoms with Gasteiger partial charge in [0, 0.05) is 71.9 Å². The molecule has 5 rings (SSSR count). The van der Waals surface area contributed by atoms with Crippen LogP contribution in [0.3, 0.4) is 0 Å². The highest BCUT2D eigenvalue weighted by atomic mass is 35.5. The maximum absolute atomic E-state index is 13.8. The number of carbonyl (C=O) groups is 4. The van der Waals surface area contributed by atoms with Gasteiger partial charge in [0.05, 0.1) is 16.7 Å². The number of benzene rings is 3. The van der Waals surface area contributed by atoms with Crippen LogP contribution in [-0.2, 0) is 25.7 Å². The largest absolute Gasteiger partial charge is 0.489 e. The van der Waals surface area contributed by atoms with Crippen LogP contribution in [0.15, 0.2) is 66.7 Å². The minimum atomic E-state index is -0.942. The molecule has 1 saturated carbocycles. The summed E-state index contributed by atoms with van der Waals surface area (Å²) < 4.78 is 12.0. The van der Waals surface area contributed by atoms with E-state index in [2.05, 4.69) is 55.0 Å². The lowest BCUT2D eigenvalue weighted by atomic mass is 9.49. The van der Waals surface area contributed by atoms with Gasteiger partial charge in [0.25, 0.3) is 5.91 Å². The second-order valence-corrected chi connectivity index (χ2v) is 19.4. The summed E-state index contributed by atoms with van der Waals surface area (Å²) in [5, 5.41) is 32.8. The number of nitrogens with one attached hydrogen (secondary N) is 4. The molecule has 2 fully saturated rings. The van der Waals surface area contributed by atoms with E-state index in [1.54, 1.807) is 54.6 Å². The Labute approximate surface area is 375 Å². The van der Waals surface area contributed by atoms with Gasteiger partial charge in [-0.05, 0) is 78.8 Å². The van der Waals surface area contributed by atoms with Crippen molar-refractivity contribution in [1.29, 1.82) is 5.26 Å². The van der Waals surface area contributed by atoms with Gasteiger partial charge in [0.1, 0.15) is 36.6 Å². The van der Waals surface area contributed by atoms with Crippen molar-refractivity contribution >= 4 is 52.5 Å². The van der Waals surface area contributed by atoms with E-state index in [1.807, 2.05) is 32.9 Å². The van der Waals surface area contributed by atoms with Gasteiger partial charge in [-0.3, -0.25) is 19.2 Å². The third-order valence-corrected chi connectivity index (χ3v) is 12.3. The van der Waals surface area contributed by atoms with Crippen molar-refractivity contribution in [2.24, 2.45) is 16.2 Å². The zero-order valence-electron chi connectivity index (χ0n) is 36.6. The first-order chi connectivity index (χ1) is 29.2. The number of nitrogens with zero attached hydrogens (tertiary/aromatic N) is 2. The van der Waals surface area contributed by atoms with Crippen LogP contribution in [0, 0.1) is 27.6 Å². The number of carbonyl (C=O) groups excluding carboxylic acids is 4.